The molecule has 3 nitrogen and oxygen atoms in total. The maximum atomic E-state index is 13.5. The summed E-state index contributed by atoms with van der Waals surface area (Å²) in [5.41, 5.74) is 4.49. The molecule has 3 aromatic carbocycles. The summed E-state index contributed by atoms with van der Waals surface area (Å²) in [6.45, 7) is 0. The molecule has 4 heteroatoms. The van der Waals surface area contributed by atoms with Crippen LogP contribution in [0.4, 0.5) is 10.8 Å². The Morgan fingerprint density at radius 2 is 1.62 bits per heavy atom. The highest BCUT2D eigenvalue weighted by Crippen LogP contribution is 2.57. The fraction of sp³-hybridized carbons (Fsp3) is 0.286. The molecule has 1 atom stereocenters. The Morgan fingerprint density at radius 3 is 2.44 bits per heavy atom. The largest absolute Gasteiger partial charge is 0.313 e. The van der Waals surface area contributed by atoms with Gasteiger partial charge in [-0.15, -0.1) is 0 Å². The van der Waals surface area contributed by atoms with Crippen molar-refractivity contribution < 1.29 is 4.79 Å². The summed E-state index contributed by atoms with van der Waals surface area (Å²) in [6, 6.07) is 27.0. The van der Waals surface area contributed by atoms with E-state index in [1.165, 1.54) is 35.2 Å². The fourth-order valence-corrected chi connectivity index (χ4v) is 6.92. The smallest absolute Gasteiger partial charge is 0.191 e. The van der Waals surface area contributed by atoms with E-state index in [4.69, 9.17) is 4.98 Å². The van der Waals surface area contributed by atoms with Gasteiger partial charge in [-0.25, -0.2) is 4.98 Å². The van der Waals surface area contributed by atoms with Gasteiger partial charge in [0.2, 0.25) is 0 Å². The van der Waals surface area contributed by atoms with Gasteiger partial charge in [0.1, 0.15) is 0 Å². The van der Waals surface area contributed by atoms with E-state index in [0.29, 0.717) is 6.42 Å². The van der Waals surface area contributed by atoms with Crippen LogP contribution in [0.3, 0.4) is 0 Å². The van der Waals surface area contributed by atoms with Gasteiger partial charge in [-0.1, -0.05) is 91.3 Å². The number of aromatic nitrogens is 1. The molecule has 1 spiro atoms. The highest BCUT2D eigenvalue weighted by molar-refractivity contribution is 7.22. The molecule has 0 radical (unpaired) electrons. The minimum Gasteiger partial charge on any atom is -0.313 e. The number of ketones is 1. The predicted molar refractivity (Wildman–Crippen MR) is 132 cm³/mol. The molecule has 4 aromatic rings. The van der Waals surface area contributed by atoms with E-state index in [2.05, 4.69) is 47.4 Å². The molecule has 1 aromatic heterocycles. The Hall–Kier alpha value is -2.98. The van der Waals surface area contributed by atoms with Gasteiger partial charge in [0.05, 0.1) is 16.3 Å². The number of thiazole rings is 1. The first-order valence-electron chi connectivity index (χ1n) is 11.6. The average Bonchev–Trinajstić information content (AvgIpc) is 3.38. The van der Waals surface area contributed by atoms with Crippen molar-refractivity contribution in [1.82, 2.24) is 4.98 Å². The van der Waals surface area contributed by atoms with Crippen LogP contribution in [0.15, 0.2) is 78.9 Å². The summed E-state index contributed by atoms with van der Waals surface area (Å²) < 4.78 is 1.19. The van der Waals surface area contributed by atoms with Crippen LogP contribution >= 0.6 is 11.3 Å². The summed E-state index contributed by atoms with van der Waals surface area (Å²) in [5.74, 6) is 0.222. The molecule has 0 bridgehead atoms. The Balaban J connectivity index is 1.50. The van der Waals surface area contributed by atoms with Gasteiger partial charge < -0.3 is 4.90 Å². The van der Waals surface area contributed by atoms with Crippen LogP contribution in [0.2, 0.25) is 0 Å². The van der Waals surface area contributed by atoms with Crippen molar-refractivity contribution in [3.8, 4) is 0 Å². The first-order valence-corrected chi connectivity index (χ1v) is 12.4. The molecular weight excluding hydrogens is 412 g/mol. The van der Waals surface area contributed by atoms with E-state index in [9.17, 15) is 4.79 Å². The number of para-hydroxylation sites is 2. The number of anilines is 2. The second-order valence-corrected chi connectivity index (χ2v) is 10.1. The number of nitrogens with zero attached hydrogens (tertiary/aromatic N) is 2. The van der Waals surface area contributed by atoms with E-state index < -0.39 is 0 Å². The van der Waals surface area contributed by atoms with Crippen LogP contribution in [0.25, 0.3) is 10.2 Å². The maximum absolute atomic E-state index is 13.5. The zero-order chi connectivity index (χ0) is 21.5. The fourth-order valence-electron chi connectivity index (χ4n) is 5.89. The summed E-state index contributed by atoms with van der Waals surface area (Å²) in [7, 11) is 0. The minimum atomic E-state index is 0.0110. The molecule has 0 unspecified atom stereocenters. The predicted octanol–water partition coefficient (Wildman–Crippen LogP) is 7.29. The quantitative estimate of drug-likeness (QED) is 0.314. The van der Waals surface area contributed by atoms with Crippen molar-refractivity contribution in [2.75, 3.05) is 4.90 Å². The Morgan fingerprint density at radius 1 is 0.906 bits per heavy atom. The number of benzene rings is 3. The molecule has 0 N–H and O–H groups in total. The van der Waals surface area contributed by atoms with E-state index >= 15 is 0 Å². The highest BCUT2D eigenvalue weighted by Gasteiger charge is 2.52. The second kappa shape index (κ2) is 7.86. The van der Waals surface area contributed by atoms with Gasteiger partial charge in [0, 0.05) is 23.1 Å². The van der Waals surface area contributed by atoms with E-state index in [1.54, 1.807) is 11.3 Å². The average molecular weight is 439 g/mol. The van der Waals surface area contributed by atoms with E-state index in [-0.39, 0.29) is 17.2 Å². The van der Waals surface area contributed by atoms with Gasteiger partial charge in [-0.05, 0) is 36.6 Å². The third-order valence-electron chi connectivity index (χ3n) is 7.36. The number of carbonyl (C=O) groups excluding carboxylic acids is 1. The molecule has 2 heterocycles. The minimum absolute atomic E-state index is 0.0110. The zero-order valence-corrected chi connectivity index (χ0v) is 18.9. The lowest BCUT2D eigenvalue weighted by Gasteiger charge is -2.41. The Labute approximate surface area is 192 Å². The summed E-state index contributed by atoms with van der Waals surface area (Å²) in [5, 5.41) is 1.01. The first kappa shape index (κ1) is 19.7. The van der Waals surface area contributed by atoms with E-state index in [0.717, 1.165) is 29.1 Å². The Kier molecular flexibility index (Phi) is 4.83. The zero-order valence-electron chi connectivity index (χ0n) is 18.0. The molecule has 6 rings (SSSR count). The summed E-state index contributed by atoms with van der Waals surface area (Å²) >= 11 is 1.74. The topological polar surface area (TPSA) is 33.2 Å². The molecule has 0 amide bonds. The maximum Gasteiger partial charge on any atom is 0.191 e. The van der Waals surface area contributed by atoms with Crippen molar-refractivity contribution in [3.05, 3.63) is 90.0 Å². The highest BCUT2D eigenvalue weighted by atomic mass is 32.1. The number of fused-ring (bicyclic) bond motifs is 3. The monoisotopic (exact) mass is 438 g/mol. The summed E-state index contributed by atoms with van der Waals surface area (Å²) in [4.78, 5) is 20.9. The van der Waals surface area contributed by atoms with E-state index in [1.807, 2.05) is 36.4 Å². The third-order valence-corrected chi connectivity index (χ3v) is 8.39. The van der Waals surface area contributed by atoms with Crippen molar-refractivity contribution in [2.24, 2.45) is 0 Å². The number of rotatable bonds is 4. The van der Waals surface area contributed by atoms with Crippen molar-refractivity contribution >= 4 is 38.2 Å². The van der Waals surface area contributed by atoms with Gasteiger partial charge >= 0.3 is 0 Å². The van der Waals surface area contributed by atoms with Crippen LogP contribution in [0.5, 0.6) is 0 Å². The van der Waals surface area contributed by atoms with Crippen LogP contribution in [0.1, 0.15) is 54.4 Å². The Bertz CT molecular complexity index is 1240. The molecule has 1 aliphatic carbocycles. The lowest BCUT2D eigenvalue weighted by molar-refractivity contribution is 0.0953. The first-order chi connectivity index (χ1) is 15.8. The molecular formula is C28H26N2OS. The standard InChI is InChI=1S/C28H26N2OS/c31-24(20-11-3-1-4-12-20)19-26-28(17-9-2-10-18-28)21-13-5-7-15-23(21)30(26)27-29-22-14-6-8-16-25(22)32-27/h1,3-8,11-16,26H,2,9-10,17-19H2/t26-/m0/s1. The van der Waals surface area contributed by atoms with Gasteiger partial charge in [-0.2, -0.15) is 0 Å². The molecule has 32 heavy (non-hydrogen) atoms. The number of hydrogen-bond acceptors (Lipinski definition) is 4. The lowest BCUT2D eigenvalue weighted by atomic mass is 9.65. The summed E-state index contributed by atoms with van der Waals surface area (Å²) in [6.07, 6.45) is 6.51. The third kappa shape index (κ3) is 3.08. The molecule has 1 aliphatic heterocycles. The van der Waals surface area contributed by atoms with Crippen LogP contribution in [-0.2, 0) is 5.41 Å². The van der Waals surface area contributed by atoms with Crippen molar-refractivity contribution in [1.29, 1.82) is 0 Å². The van der Waals surface area contributed by atoms with Gasteiger partial charge in [0.25, 0.3) is 0 Å². The SMILES string of the molecule is O=C(C[C@@H]1N(c2nc3ccccc3s2)c2ccccc2C12CCCCC2)c1ccccc1. The second-order valence-electron chi connectivity index (χ2n) is 9.08. The lowest BCUT2D eigenvalue weighted by Crippen LogP contribution is -2.45. The molecule has 0 saturated heterocycles. The molecule has 160 valence electrons. The van der Waals surface area contributed by atoms with Crippen molar-refractivity contribution in [2.45, 2.75) is 50.0 Å². The number of carbonyl (C=O) groups is 1. The van der Waals surface area contributed by atoms with Crippen LogP contribution < -0.4 is 4.90 Å². The molecule has 2 aliphatic rings. The number of hydrogen-bond donors (Lipinski definition) is 0. The number of Topliss-reactive ketones (excluding diaryl/α,β-unsaturated/α-hetero) is 1. The van der Waals surface area contributed by atoms with Gasteiger partial charge in [0.15, 0.2) is 10.9 Å². The molecule has 1 saturated carbocycles. The molecule has 1 fully saturated rings. The van der Waals surface area contributed by atoms with Gasteiger partial charge in [-0.3, -0.25) is 4.79 Å². The normalized spacial score (nSPS) is 19.4. The van der Waals surface area contributed by atoms with Crippen LogP contribution in [0, 0.1) is 0 Å². The van der Waals surface area contributed by atoms with Crippen molar-refractivity contribution in [3.63, 3.8) is 0 Å². The van der Waals surface area contributed by atoms with Crippen LogP contribution in [-0.4, -0.2) is 16.8 Å².